The van der Waals surface area contributed by atoms with Gasteiger partial charge in [-0.1, -0.05) is 17.3 Å². The summed E-state index contributed by atoms with van der Waals surface area (Å²) < 4.78 is 18.1. The Morgan fingerprint density at radius 3 is 2.62 bits per heavy atom. The third-order valence-corrected chi connectivity index (χ3v) is 3.00. The minimum absolute atomic E-state index is 0.0162. The number of oxime groups is 1. The Morgan fingerprint density at radius 1 is 1.29 bits per heavy atom. The topological polar surface area (TPSA) is 79.9 Å². The van der Waals surface area contributed by atoms with E-state index in [1.807, 2.05) is 0 Å². The molecule has 0 spiro atoms. The third kappa shape index (κ3) is 3.62. The van der Waals surface area contributed by atoms with Crippen LogP contribution in [0.25, 0.3) is 0 Å². The molecule has 0 unspecified atom stereocenters. The van der Waals surface area contributed by atoms with E-state index in [1.54, 1.807) is 37.4 Å². The van der Waals surface area contributed by atoms with Crippen LogP contribution in [0, 0.1) is 5.82 Å². The second-order valence-corrected chi connectivity index (χ2v) is 4.38. The van der Waals surface area contributed by atoms with Gasteiger partial charge in [-0.25, -0.2) is 4.39 Å². The molecular weight excluding hydrogens is 273 g/mol. The first kappa shape index (κ1) is 14.6. The molecule has 0 aliphatic rings. The van der Waals surface area contributed by atoms with E-state index >= 15 is 0 Å². The standard InChI is InChI=1S/C15H16FN3O2/c1-21-14-7-4-11(15(17)19-20)8-13(14)18-9-10-2-5-12(16)6-3-10/h2-8,18,20H,9H2,1H3,(H2,17,19). The Morgan fingerprint density at radius 2 is 2.00 bits per heavy atom. The SMILES string of the molecule is COc1ccc(/C(N)=N/O)cc1NCc1ccc(F)cc1. The monoisotopic (exact) mass is 289 g/mol. The molecule has 0 radical (unpaired) electrons. The Labute approximate surface area is 121 Å². The molecule has 2 aromatic carbocycles. The lowest BCUT2D eigenvalue weighted by atomic mass is 10.1. The van der Waals surface area contributed by atoms with Gasteiger partial charge >= 0.3 is 0 Å². The summed E-state index contributed by atoms with van der Waals surface area (Å²) in [4.78, 5) is 0. The highest BCUT2D eigenvalue weighted by atomic mass is 19.1. The minimum Gasteiger partial charge on any atom is -0.495 e. The number of hydrogen-bond donors (Lipinski definition) is 3. The summed E-state index contributed by atoms with van der Waals surface area (Å²) in [7, 11) is 1.56. The normalized spacial score (nSPS) is 11.2. The fourth-order valence-corrected chi connectivity index (χ4v) is 1.86. The molecule has 0 aliphatic carbocycles. The lowest BCUT2D eigenvalue weighted by Gasteiger charge is -2.12. The van der Waals surface area contributed by atoms with Crippen LogP contribution in [0.15, 0.2) is 47.6 Å². The molecule has 0 atom stereocenters. The van der Waals surface area contributed by atoms with Gasteiger partial charge in [-0.2, -0.15) is 0 Å². The predicted octanol–water partition coefficient (Wildman–Crippen LogP) is 2.54. The molecule has 0 aromatic heterocycles. The molecule has 2 rings (SSSR count). The number of rotatable bonds is 5. The molecule has 4 N–H and O–H groups in total. The smallest absolute Gasteiger partial charge is 0.170 e. The number of nitrogens with one attached hydrogen (secondary N) is 1. The van der Waals surface area contributed by atoms with Gasteiger partial charge in [-0.15, -0.1) is 0 Å². The number of ether oxygens (including phenoxy) is 1. The lowest BCUT2D eigenvalue weighted by Crippen LogP contribution is -2.13. The van der Waals surface area contributed by atoms with Gasteiger partial charge in [0.05, 0.1) is 12.8 Å². The van der Waals surface area contributed by atoms with Gasteiger partial charge in [0.25, 0.3) is 0 Å². The maximum absolute atomic E-state index is 12.9. The van der Waals surface area contributed by atoms with Crippen molar-refractivity contribution in [2.24, 2.45) is 10.9 Å². The van der Waals surface area contributed by atoms with Crippen molar-refractivity contribution >= 4 is 11.5 Å². The summed E-state index contributed by atoms with van der Waals surface area (Å²) in [5, 5.41) is 14.9. The van der Waals surface area contributed by atoms with Crippen molar-refractivity contribution in [1.82, 2.24) is 0 Å². The number of amidine groups is 1. The van der Waals surface area contributed by atoms with Crippen molar-refractivity contribution in [2.75, 3.05) is 12.4 Å². The van der Waals surface area contributed by atoms with Gasteiger partial charge in [0.2, 0.25) is 0 Å². The maximum Gasteiger partial charge on any atom is 0.170 e. The van der Waals surface area contributed by atoms with Gasteiger partial charge < -0.3 is 21.0 Å². The number of halogens is 1. The van der Waals surface area contributed by atoms with Crippen LogP contribution in [-0.4, -0.2) is 18.2 Å². The summed E-state index contributed by atoms with van der Waals surface area (Å²) in [6.07, 6.45) is 0. The van der Waals surface area contributed by atoms with Gasteiger partial charge in [0.1, 0.15) is 11.6 Å². The van der Waals surface area contributed by atoms with Crippen molar-refractivity contribution in [1.29, 1.82) is 0 Å². The Hall–Kier alpha value is -2.76. The zero-order valence-corrected chi connectivity index (χ0v) is 11.5. The van der Waals surface area contributed by atoms with Crippen LogP contribution >= 0.6 is 0 Å². The van der Waals surface area contributed by atoms with Crippen molar-refractivity contribution in [3.8, 4) is 5.75 Å². The van der Waals surface area contributed by atoms with Crippen LogP contribution in [0.1, 0.15) is 11.1 Å². The predicted molar refractivity (Wildman–Crippen MR) is 79.2 cm³/mol. The zero-order valence-electron chi connectivity index (χ0n) is 11.5. The van der Waals surface area contributed by atoms with Gasteiger partial charge in [0.15, 0.2) is 5.84 Å². The fraction of sp³-hybridized carbons (Fsp3) is 0.133. The Balaban J connectivity index is 2.19. The molecule has 0 aliphatic heterocycles. The van der Waals surface area contributed by atoms with E-state index in [0.29, 0.717) is 23.5 Å². The van der Waals surface area contributed by atoms with E-state index in [-0.39, 0.29) is 11.7 Å². The van der Waals surface area contributed by atoms with Crippen molar-refractivity contribution in [3.05, 3.63) is 59.4 Å². The van der Waals surface area contributed by atoms with E-state index in [9.17, 15) is 4.39 Å². The molecule has 0 fully saturated rings. The first-order valence-electron chi connectivity index (χ1n) is 6.28. The number of hydrogen-bond acceptors (Lipinski definition) is 4. The first-order valence-corrected chi connectivity index (χ1v) is 6.28. The molecular formula is C15H16FN3O2. The summed E-state index contributed by atoms with van der Waals surface area (Å²) in [6.45, 7) is 0.496. The highest BCUT2D eigenvalue weighted by Gasteiger charge is 2.07. The van der Waals surface area contributed by atoms with Crippen LogP contribution in [0.3, 0.4) is 0 Å². The summed E-state index contributed by atoms with van der Waals surface area (Å²) in [6, 6.07) is 11.3. The number of anilines is 1. The average Bonchev–Trinajstić information content (AvgIpc) is 2.53. The van der Waals surface area contributed by atoms with Gasteiger partial charge in [0, 0.05) is 12.1 Å². The summed E-state index contributed by atoms with van der Waals surface area (Å²) in [5.74, 6) is 0.374. The Kier molecular flexibility index (Phi) is 4.61. The second-order valence-electron chi connectivity index (χ2n) is 4.38. The molecule has 2 aromatic rings. The quantitative estimate of drug-likeness (QED) is 0.342. The highest BCUT2D eigenvalue weighted by molar-refractivity contribution is 5.98. The van der Waals surface area contributed by atoms with Crippen LogP contribution in [0.2, 0.25) is 0 Å². The third-order valence-electron chi connectivity index (χ3n) is 3.00. The second kappa shape index (κ2) is 6.60. The number of nitrogens with zero attached hydrogens (tertiary/aromatic N) is 1. The lowest BCUT2D eigenvalue weighted by molar-refractivity contribution is 0.318. The fourth-order valence-electron chi connectivity index (χ4n) is 1.86. The molecule has 0 amide bonds. The number of methoxy groups -OCH3 is 1. The minimum atomic E-state index is -0.273. The molecule has 5 nitrogen and oxygen atoms in total. The van der Waals surface area contributed by atoms with Crippen molar-refractivity contribution < 1.29 is 14.3 Å². The van der Waals surface area contributed by atoms with Gasteiger partial charge in [-0.3, -0.25) is 0 Å². The number of nitrogens with two attached hydrogens (primary N) is 1. The van der Waals surface area contributed by atoms with Crippen LogP contribution in [0.5, 0.6) is 5.75 Å². The zero-order chi connectivity index (χ0) is 15.2. The summed E-state index contributed by atoms with van der Waals surface area (Å²) >= 11 is 0. The Bertz CT molecular complexity index is 642. The van der Waals surface area contributed by atoms with E-state index in [0.717, 1.165) is 5.56 Å². The molecule has 0 saturated heterocycles. The van der Waals surface area contributed by atoms with Gasteiger partial charge in [-0.05, 0) is 35.9 Å². The first-order chi connectivity index (χ1) is 10.1. The largest absolute Gasteiger partial charge is 0.495 e. The molecule has 6 heteroatoms. The van der Waals surface area contributed by atoms with Crippen molar-refractivity contribution in [2.45, 2.75) is 6.54 Å². The van der Waals surface area contributed by atoms with Crippen LogP contribution in [-0.2, 0) is 6.54 Å². The number of benzene rings is 2. The van der Waals surface area contributed by atoms with E-state index in [2.05, 4.69) is 10.5 Å². The van der Waals surface area contributed by atoms with Crippen LogP contribution in [0.4, 0.5) is 10.1 Å². The molecule has 21 heavy (non-hydrogen) atoms. The molecule has 0 saturated carbocycles. The molecule has 0 bridgehead atoms. The molecule has 0 heterocycles. The van der Waals surface area contributed by atoms with Crippen molar-refractivity contribution in [3.63, 3.8) is 0 Å². The summed E-state index contributed by atoms with van der Waals surface area (Å²) in [5.41, 5.74) is 7.76. The molecule has 110 valence electrons. The maximum atomic E-state index is 12.9. The highest BCUT2D eigenvalue weighted by Crippen LogP contribution is 2.26. The van der Waals surface area contributed by atoms with E-state index in [1.165, 1.54) is 12.1 Å². The van der Waals surface area contributed by atoms with E-state index < -0.39 is 0 Å². The van der Waals surface area contributed by atoms with Crippen LogP contribution < -0.4 is 15.8 Å². The average molecular weight is 289 g/mol. The van der Waals surface area contributed by atoms with E-state index in [4.69, 9.17) is 15.7 Å².